The largest absolute Gasteiger partial charge is 0.457 e. The van der Waals surface area contributed by atoms with Crippen molar-refractivity contribution >= 4 is 23.1 Å². The van der Waals surface area contributed by atoms with Gasteiger partial charge in [0, 0.05) is 13.1 Å². The lowest BCUT2D eigenvalue weighted by molar-refractivity contribution is 0.0214. The van der Waals surface area contributed by atoms with E-state index in [1.807, 2.05) is 51.1 Å². The van der Waals surface area contributed by atoms with E-state index in [0.29, 0.717) is 34.9 Å². The molecule has 192 valence electrons. The van der Waals surface area contributed by atoms with Gasteiger partial charge in [-0.2, -0.15) is 0 Å². The molecular weight excluding hydrogens is 472 g/mol. The van der Waals surface area contributed by atoms with Crippen LogP contribution in [0.4, 0.5) is 10.6 Å². The zero-order valence-electron chi connectivity index (χ0n) is 21.1. The Morgan fingerprint density at radius 1 is 1.05 bits per heavy atom. The first-order chi connectivity index (χ1) is 17.7. The number of para-hydroxylation sites is 1. The number of nitrogens with two attached hydrogens (primary N) is 1. The van der Waals surface area contributed by atoms with Gasteiger partial charge < -0.3 is 20.1 Å². The van der Waals surface area contributed by atoms with Crippen molar-refractivity contribution in [3.05, 3.63) is 71.4 Å². The molecule has 1 saturated heterocycles. The van der Waals surface area contributed by atoms with Gasteiger partial charge >= 0.3 is 11.8 Å². The molecule has 1 aliphatic heterocycles. The van der Waals surface area contributed by atoms with Gasteiger partial charge in [-0.1, -0.05) is 18.2 Å². The zero-order chi connectivity index (χ0) is 26.2. The van der Waals surface area contributed by atoms with E-state index in [2.05, 4.69) is 9.97 Å². The Morgan fingerprint density at radius 3 is 2.46 bits per heavy atom. The van der Waals surface area contributed by atoms with Gasteiger partial charge in [0.2, 0.25) is 0 Å². The molecule has 2 aromatic heterocycles. The third-order valence-corrected chi connectivity index (χ3v) is 6.21. The van der Waals surface area contributed by atoms with Crippen molar-refractivity contribution in [3.8, 4) is 17.2 Å². The number of nitrogen functional groups attached to an aromatic ring is 1. The molecule has 0 bridgehead atoms. The lowest BCUT2D eigenvalue weighted by Crippen LogP contribution is -2.42. The van der Waals surface area contributed by atoms with Crippen LogP contribution in [0.3, 0.4) is 0 Å². The molecule has 10 nitrogen and oxygen atoms in total. The lowest BCUT2D eigenvalue weighted by atomic mass is 10.2. The van der Waals surface area contributed by atoms with Gasteiger partial charge in [-0.15, -0.1) is 0 Å². The number of anilines is 1. The maximum absolute atomic E-state index is 13.7. The van der Waals surface area contributed by atoms with Gasteiger partial charge in [0.15, 0.2) is 11.5 Å². The van der Waals surface area contributed by atoms with Gasteiger partial charge in [0.1, 0.15) is 28.9 Å². The number of imidazole rings is 1. The maximum atomic E-state index is 13.7. The number of carbonyl (C=O) groups excluding carboxylic acids is 1. The van der Waals surface area contributed by atoms with Gasteiger partial charge in [0.05, 0.1) is 11.7 Å². The molecule has 0 saturated carbocycles. The smallest absolute Gasteiger partial charge is 0.410 e. The highest BCUT2D eigenvalue weighted by atomic mass is 16.6. The van der Waals surface area contributed by atoms with Gasteiger partial charge in [0.25, 0.3) is 0 Å². The Hall–Kier alpha value is -4.34. The van der Waals surface area contributed by atoms with Crippen LogP contribution in [0.5, 0.6) is 11.5 Å². The molecule has 2 aromatic carbocycles. The number of likely N-dealkylation sites (tertiary alicyclic amines) is 1. The van der Waals surface area contributed by atoms with Crippen LogP contribution in [-0.4, -0.2) is 48.3 Å². The number of hydrogen-bond acceptors (Lipinski definition) is 7. The topological polar surface area (TPSA) is 118 Å². The fourth-order valence-corrected chi connectivity index (χ4v) is 4.59. The molecule has 1 fully saturated rings. The zero-order valence-corrected chi connectivity index (χ0v) is 21.1. The van der Waals surface area contributed by atoms with Crippen molar-refractivity contribution in [1.82, 2.24) is 24.0 Å². The van der Waals surface area contributed by atoms with Crippen LogP contribution in [0.15, 0.2) is 65.7 Å². The molecule has 10 heteroatoms. The van der Waals surface area contributed by atoms with E-state index in [9.17, 15) is 9.59 Å². The molecule has 2 N–H and O–H groups in total. The predicted molar refractivity (Wildman–Crippen MR) is 140 cm³/mol. The third kappa shape index (κ3) is 5.00. The average Bonchev–Trinajstić information content (AvgIpc) is 3.43. The number of benzene rings is 2. The highest BCUT2D eigenvalue weighted by molar-refractivity contribution is 5.84. The van der Waals surface area contributed by atoms with Crippen LogP contribution in [0.25, 0.3) is 16.9 Å². The highest BCUT2D eigenvalue weighted by Crippen LogP contribution is 2.27. The van der Waals surface area contributed by atoms with Gasteiger partial charge in [-0.05, 0) is 70.0 Å². The summed E-state index contributed by atoms with van der Waals surface area (Å²) >= 11 is 0. The minimum atomic E-state index is -0.602. The molecule has 0 aliphatic carbocycles. The van der Waals surface area contributed by atoms with E-state index in [4.69, 9.17) is 15.2 Å². The molecular formula is C27H30N6O4. The number of aromatic nitrogens is 4. The fourth-order valence-electron chi connectivity index (χ4n) is 4.59. The number of amides is 1. The Kier molecular flexibility index (Phi) is 6.32. The predicted octanol–water partition coefficient (Wildman–Crippen LogP) is 4.36. The van der Waals surface area contributed by atoms with E-state index in [0.717, 1.165) is 12.8 Å². The van der Waals surface area contributed by atoms with E-state index >= 15 is 0 Å². The minimum Gasteiger partial charge on any atom is -0.457 e. The number of rotatable bonds is 5. The lowest BCUT2D eigenvalue weighted by Gasteiger charge is -2.28. The number of hydrogen-bond donors (Lipinski definition) is 1. The summed E-state index contributed by atoms with van der Waals surface area (Å²) in [7, 11) is 0. The third-order valence-electron chi connectivity index (χ3n) is 6.21. The second kappa shape index (κ2) is 9.61. The summed E-state index contributed by atoms with van der Waals surface area (Å²) in [6, 6.07) is 16.4. The molecule has 1 unspecified atom stereocenters. The van der Waals surface area contributed by atoms with Crippen LogP contribution in [0.1, 0.15) is 33.6 Å². The normalized spacial score (nSPS) is 15.8. The molecule has 1 atom stereocenters. The molecule has 4 aromatic rings. The first kappa shape index (κ1) is 24.4. The Labute approximate surface area is 214 Å². The second-order valence-electron chi connectivity index (χ2n) is 10.0. The van der Waals surface area contributed by atoms with Crippen molar-refractivity contribution < 1.29 is 14.3 Å². The Bertz CT molecular complexity index is 1470. The Morgan fingerprint density at radius 2 is 1.76 bits per heavy atom. The molecule has 0 radical (unpaired) electrons. The van der Waals surface area contributed by atoms with Gasteiger partial charge in [-0.25, -0.2) is 19.6 Å². The van der Waals surface area contributed by atoms with Crippen molar-refractivity contribution in [1.29, 1.82) is 0 Å². The quantitative estimate of drug-likeness (QED) is 0.431. The summed E-state index contributed by atoms with van der Waals surface area (Å²) in [4.78, 5) is 36.8. The average molecular weight is 503 g/mol. The molecule has 3 heterocycles. The number of fused-ring (bicyclic) bond motifs is 1. The highest BCUT2D eigenvalue weighted by Gasteiger charge is 2.33. The van der Waals surface area contributed by atoms with Crippen LogP contribution in [0.2, 0.25) is 0 Å². The maximum Gasteiger partial charge on any atom is 0.410 e. The van der Waals surface area contributed by atoms with Gasteiger partial charge in [-0.3, -0.25) is 9.13 Å². The summed E-state index contributed by atoms with van der Waals surface area (Å²) in [6.07, 6.45) is 2.55. The summed E-state index contributed by atoms with van der Waals surface area (Å²) in [5.41, 5.74) is 6.76. The van der Waals surface area contributed by atoms with E-state index in [1.54, 1.807) is 33.7 Å². The van der Waals surface area contributed by atoms with Crippen molar-refractivity contribution in [3.63, 3.8) is 0 Å². The van der Waals surface area contributed by atoms with E-state index in [1.165, 1.54) is 10.9 Å². The molecule has 1 aliphatic rings. The van der Waals surface area contributed by atoms with E-state index < -0.39 is 5.60 Å². The first-order valence-electron chi connectivity index (χ1n) is 12.3. The monoisotopic (exact) mass is 502 g/mol. The molecule has 37 heavy (non-hydrogen) atoms. The van der Waals surface area contributed by atoms with Crippen molar-refractivity contribution in [2.45, 2.75) is 51.8 Å². The standard InChI is InChI=1S/C27H30N6O4/c1-27(2,3)37-26(35)31-15-7-8-19(31)16-32-24-22(23(28)29-17-30-24)33(25(32)34)18-11-13-21(14-12-18)36-20-9-5-4-6-10-20/h4-6,9-14,17,19H,7-8,15-16H2,1-3H3,(H2,28,29,30). The number of carbonyl (C=O) groups is 1. The van der Waals surface area contributed by atoms with Crippen LogP contribution in [-0.2, 0) is 11.3 Å². The second-order valence-corrected chi connectivity index (χ2v) is 10.0. The van der Waals surface area contributed by atoms with Crippen molar-refractivity contribution in [2.75, 3.05) is 12.3 Å². The summed E-state index contributed by atoms with van der Waals surface area (Å²) < 4.78 is 14.5. The van der Waals surface area contributed by atoms with Crippen LogP contribution >= 0.6 is 0 Å². The van der Waals surface area contributed by atoms with Crippen molar-refractivity contribution in [2.24, 2.45) is 0 Å². The summed E-state index contributed by atoms with van der Waals surface area (Å²) in [5.74, 6) is 1.54. The first-order valence-corrected chi connectivity index (χ1v) is 12.3. The number of ether oxygens (including phenoxy) is 2. The molecule has 0 spiro atoms. The SMILES string of the molecule is CC(C)(C)OC(=O)N1CCCC1Cn1c(=O)n(-c2ccc(Oc3ccccc3)cc2)c2c(N)ncnc21. The van der Waals surface area contributed by atoms with Crippen LogP contribution < -0.4 is 16.2 Å². The summed E-state index contributed by atoms with van der Waals surface area (Å²) in [6.45, 7) is 6.36. The summed E-state index contributed by atoms with van der Waals surface area (Å²) in [5, 5.41) is 0. The Balaban J connectivity index is 1.48. The van der Waals surface area contributed by atoms with E-state index in [-0.39, 0.29) is 30.2 Å². The van der Waals surface area contributed by atoms with Crippen LogP contribution in [0, 0.1) is 0 Å². The number of nitrogens with zero attached hydrogens (tertiary/aromatic N) is 5. The molecule has 5 rings (SSSR count). The minimum absolute atomic E-state index is 0.195. The molecule has 1 amide bonds. The fraction of sp³-hybridized carbons (Fsp3) is 0.333.